The summed E-state index contributed by atoms with van der Waals surface area (Å²) in [7, 11) is 0. The van der Waals surface area contributed by atoms with Crippen molar-refractivity contribution in [3.63, 3.8) is 0 Å². The Bertz CT molecular complexity index is 485. The zero-order valence-corrected chi connectivity index (χ0v) is 11.6. The first-order valence-electron chi connectivity index (χ1n) is 7.51. The van der Waals surface area contributed by atoms with Crippen molar-refractivity contribution in [1.29, 1.82) is 0 Å². The third kappa shape index (κ3) is 2.85. The molecule has 0 spiro atoms. The Labute approximate surface area is 119 Å². The van der Waals surface area contributed by atoms with Gasteiger partial charge in [-0.3, -0.25) is 4.79 Å². The maximum atomic E-state index is 13.2. The molecular formula is C16H21FN2O. The van der Waals surface area contributed by atoms with Crippen LogP contribution in [0.4, 0.5) is 4.39 Å². The van der Waals surface area contributed by atoms with E-state index in [1.807, 2.05) is 11.0 Å². The van der Waals surface area contributed by atoms with Crippen LogP contribution < -0.4 is 5.32 Å². The number of rotatable bonds is 3. The summed E-state index contributed by atoms with van der Waals surface area (Å²) >= 11 is 0. The summed E-state index contributed by atoms with van der Waals surface area (Å²) in [4.78, 5) is 14.5. The van der Waals surface area contributed by atoms with E-state index in [4.69, 9.17) is 0 Å². The summed E-state index contributed by atoms with van der Waals surface area (Å²) in [6.07, 6.45) is 4.84. The molecule has 1 aromatic rings. The van der Waals surface area contributed by atoms with E-state index in [0.29, 0.717) is 18.5 Å². The van der Waals surface area contributed by atoms with Crippen molar-refractivity contribution < 1.29 is 9.18 Å². The summed E-state index contributed by atoms with van der Waals surface area (Å²) in [5.74, 6) is -0.141. The number of halogens is 1. The molecule has 3 nitrogen and oxygen atoms in total. The molecule has 2 aliphatic rings. The van der Waals surface area contributed by atoms with Gasteiger partial charge in [0.2, 0.25) is 5.91 Å². The molecule has 2 heterocycles. The van der Waals surface area contributed by atoms with Gasteiger partial charge in [0.1, 0.15) is 5.82 Å². The molecular weight excluding hydrogens is 255 g/mol. The summed E-state index contributed by atoms with van der Waals surface area (Å²) in [5, 5.41) is 3.50. The van der Waals surface area contributed by atoms with E-state index >= 15 is 0 Å². The van der Waals surface area contributed by atoms with Gasteiger partial charge in [-0.25, -0.2) is 4.39 Å². The molecule has 20 heavy (non-hydrogen) atoms. The Morgan fingerprint density at radius 2 is 2.25 bits per heavy atom. The minimum absolute atomic E-state index is 0.131. The van der Waals surface area contributed by atoms with Gasteiger partial charge in [-0.05, 0) is 49.9 Å². The van der Waals surface area contributed by atoms with E-state index in [1.165, 1.54) is 18.6 Å². The summed E-state index contributed by atoms with van der Waals surface area (Å²) in [6, 6.07) is 7.14. The number of likely N-dealkylation sites (tertiary alicyclic amines) is 1. The van der Waals surface area contributed by atoms with Crippen LogP contribution in [0.15, 0.2) is 24.3 Å². The second-order valence-electron chi connectivity index (χ2n) is 5.81. The van der Waals surface area contributed by atoms with Crippen LogP contribution in [0.3, 0.4) is 0 Å². The van der Waals surface area contributed by atoms with Gasteiger partial charge in [0.05, 0.1) is 6.42 Å². The van der Waals surface area contributed by atoms with Gasteiger partial charge in [0, 0.05) is 18.6 Å². The van der Waals surface area contributed by atoms with E-state index in [2.05, 4.69) is 5.32 Å². The number of carbonyl (C=O) groups is 1. The maximum Gasteiger partial charge on any atom is 0.227 e. The number of carbonyl (C=O) groups excluding carboxylic acids is 1. The lowest BCUT2D eigenvalue weighted by Crippen LogP contribution is -2.47. The van der Waals surface area contributed by atoms with Gasteiger partial charge >= 0.3 is 0 Å². The molecule has 2 fully saturated rings. The Morgan fingerprint density at radius 3 is 3.00 bits per heavy atom. The van der Waals surface area contributed by atoms with Gasteiger partial charge in [-0.15, -0.1) is 0 Å². The van der Waals surface area contributed by atoms with Crippen molar-refractivity contribution in [1.82, 2.24) is 10.2 Å². The van der Waals surface area contributed by atoms with E-state index in [1.54, 1.807) is 6.07 Å². The minimum Gasteiger partial charge on any atom is -0.338 e. The highest BCUT2D eigenvalue weighted by Crippen LogP contribution is 2.25. The van der Waals surface area contributed by atoms with Crippen molar-refractivity contribution in [2.24, 2.45) is 0 Å². The van der Waals surface area contributed by atoms with E-state index in [-0.39, 0.29) is 11.7 Å². The molecule has 0 bridgehead atoms. The average molecular weight is 276 g/mol. The number of nitrogens with zero attached hydrogens (tertiary/aromatic N) is 1. The monoisotopic (exact) mass is 276 g/mol. The highest BCUT2D eigenvalue weighted by molar-refractivity contribution is 5.79. The standard InChI is InChI=1S/C16H21FN2O/c17-13-5-1-4-12(10-13)11-16(20)19-9-3-7-15(19)14-6-2-8-18-14/h1,4-5,10,14-15,18H,2-3,6-9,11H2. The van der Waals surface area contributed by atoms with Crippen LogP contribution in [0.25, 0.3) is 0 Å². The summed E-state index contributed by atoms with van der Waals surface area (Å²) < 4.78 is 13.2. The first-order chi connectivity index (χ1) is 9.74. The first kappa shape index (κ1) is 13.6. The quantitative estimate of drug-likeness (QED) is 0.917. The molecule has 1 aromatic carbocycles. The van der Waals surface area contributed by atoms with Crippen LogP contribution in [0.2, 0.25) is 0 Å². The topological polar surface area (TPSA) is 32.3 Å². The number of hydrogen-bond donors (Lipinski definition) is 1. The Kier molecular flexibility index (Phi) is 4.01. The molecule has 1 N–H and O–H groups in total. The van der Waals surface area contributed by atoms with Gasteiger partial charge in [0.15, 0.2) is 0 Å². The van der Waals surface area contributed by atoms with Crippen LogP contribution in [-0.2, 0) is 11.2 Å². The smallest absolute Gasteiger partial charge is 0.227 e. The Morgan fingerprint density at radius 1 is 1.35 bits per heavy atom. The van der Waals surface area contributed by atoms with Gasteiger partial charge in [0.25, 0.3) is 0 Å². The molecule has 0 saturated carbocycles. The van der Waals surface area contributed by atoms with E-state index in [0.717, 1.165) is 37.9 Å². The van der Waals surface area contributed by atoms with Crippen LogP contribution >= 0.6 is 0 Å². The fraction of sp³-hybridized carbons (Fsp3) is 0.562. The van der Waals surface area contributed by atoms with E-state index in [9.17, 15) is 9.18 Å². The minimum atomic E-state index is -0.272. The fourth-order valence-electron chi connectivity index (χ4n) is 3.48. The number of hydrogen-bond acceptors (Lipinski definition) is 2. The molecule has 2 atom stereocenters. The predicted molar refractivity (Wildman–Crippen MR) is 75.9 cm³/mol. The van der Waals surface area contributed by atoms with Crippen molar-refractivity contribution in [3.05, 3.63) is 35.6 Å². The second kappa shape index (κ2) is 5.92. The maximum absolute atomic E-state index is 13.2. The second-order valence-corrected chi connectivity index (χ2v) is 5.81. The largest absolute Gasteiger partial charge is 0.338 e. The van der Waals surface area contributed by atoms with Crippen molar-refractivity contribution in [2.75, 3.05) is 13.1 Å². The average Bonchev–Trinajstić information content (AvgIpc) is 3.09. The molecule has 3 rings (SSSR count). The van der Waals surface area contributed by atoms with Crippen molar-refractivity contribution in [2.45, 2.75) is 44.2 Å². The molecule has 2 saturated heterocycles. The molecule has 1 amide bonds. The Balaban J connectivity index is 1.66. The van der Waals surface area contributed by atoms with Crippen LogP contribution in [0.1, 0.15) is 31.2 Å². The Hall–Kier alpha value is -1.42. The number of benzene rings is 1. The zero-order valence-electron chi connectivity index (χ0n) is 11.6. The zero-order chi connectivity index (χ0) is 13.9. The van der Waals surface area contributed by atoms with Crippen LogP contribution in [0.5, 0.6) is 0 Å². The van der Waals surface area contributed by atoms with Crippen molar-refractivity contribution in [3.8, 4) is 0 Å². The predicted octanol–water partition coefficient (Wildman–Crippen LogP) is 2.11. The van der Waals surface area contributed by atoms with Crippen LogP contribution in [-0.4, -0.2) is 36.0 Å². The third-order valence-electron chi connectivity index (χ3n) is 4.43. The van der Waals surface area contributed by atoms with Crippen LogP contribution in [0, 0.1) is 5.82 Å². The normalized spacial score (nSPS) is 26.1. The first-order valence-corrected chi connectivity index (χ1v) is 7.51. The fourth-order valence-corrected chi connectivity index (χ4v) is 3.48. The summed E-state index contributed by atoms with van der Waals surface area (Å²) in [6.45, 7) is 1.91. The SMILES string of the molecule is O=C(Cc1cccc(F)c1)N1CCCC1C1CCCN1. The number of nitrogens with one attached hydrogen (secondary N) is 1. The lowest BCUT2D eigenvalue weighted by molar-refractivity contribution is -0.131. The number of amides is 1. The third-order valence-corrected chi connectivity index (χ3v) is 4.43. The summed E-state index contributed by atoms with van der Waals surface area (Å²) in [5.41, 5.74) is 0.764. The molecule has 2 aliphatic heterocycles. The van der Waals surface area contributed by atoms with Gasteiger partial charge in [-0.1, -0.05) is 12.1 Å². The highest BCUT2D eigenvalue weighted by Gasteiger charge is 2.35. The lowest BCUT2D eigenvalue weighted by Gasteiger charge is -2.29. The molecule has 4 heteroatoms. The van der Waals surface area contributed by atoms with Gasteiger partial charge in [-0.2, -0.15) is 0 Å². The molecule has 0 aromatic heterocycles. The van der Waals surface area contributed by atoms with Gasteiger partial charge < -0.3 is 10.2 Å². The lowest BCUT2D eigenvalue weighted by atomic mass is 10.0. The highest BCUT2D eigenvalue weighted by atomic mass is 19.1. The van der Waals surface area contributed by atoms with Crippen molar-refractivity contribution >= 4 is 5.91 Å². The molecule has 0 aliphatic carbocycles. The molecule has 108 valence electrons. The molecule has 2 unspecified atom stereocenters. The van der Waals surface area contributed by atoms with E-state index < -0.39 is 0 Å². The molecule has 0 radical (unpaired) electrons.